The highest BCUT2D eigenvalue weighted by atomic mass is 16.5. The predicted molar refractivity (Wildman–Crippen MR) is 100 cm³/mol. The van der Waals surface area contributed by atoms with Gasteiger partial charge in [0.05, 0.1) is 24.4 Å². The van der Waals surface area contributed by atoms with E-state index < -0.39 is 11.2 Å². The lowest BCUT2D eigenvalue weighted by Crippen LogP contribution is -2.23. The average Bonchev–Trinajstić information content (AvgIpc) is 2.59. The molecule has 136 valence electrons. The van der Waals surface area contributed by atoms with Crippen molar-refractivity contribution >= 4 is 11.0 Å². The number of hydrogen-bond donors (Lipinski definition) is 2. The minimum atomic E-state index is -0.549. The first-order chi connectivity index (χ1) is 12.5. The Labute approximate surface area is 150 Å². The van der Waals surface area contributed by atoms with E-state index in [1.165, 1.54) is 0 Å². The molecule has 0 atom stereocenters. The summed E-state index contributed by atoms with van der Waals surface area (Å²) in [6.45, 7) is 8.63. The first-order valence-corrected chi connectivity index (χ1v) is 8.49. The highest BCUT2D eigenvalue weighted by Crippen LogP contribution is 2.38. The van der Waals surface area contributed by atoms with Gasteiger partial charge in [-0.05, 0) is 51.5 Å². The molecule has 7 heteroatoms. The lowest BCUT2D eigenvalue weighted by Gasteiger charge is -2.17. The number of hydrogen-bond acceptors (Lipinski definition) is 5. The van der Waals surface area contributed by atoms with E-state index in [1.807, 2.05) is 45.9 Å². The summed E-state index contributed by atoms with van der Waals surface area (Å²) >= 11 is 0. The number of aryl methyl sites for hydroxylation is 1. The molecule has 0 aliphatic rings. The number of aromatic nitrogens is 3. The number of ether oxygens (including phenoxy) is 2. The number of H-pyrrole nitrogens is 2. The van der Waals surface area contributed by atoms with E-state index in [-0.39, 0.29) is 5.52 Å². The molecule has 0 fully saturated rings. The molecule has 7 nitrogen and oxygen atoms in total. The van der Waals surface area contributed by atoms with Gasteiger partial charge in [0, 0.05) is 11.1 Å². The van der Waals surface area contributed by atoms with Gasteiger partial charge in [-0.1, -0.05) is 0 Å². The highest BCUT2D eigenvalue weighted by molar-refractivity contribution is 5.82. The van der Waals surface area contributed by atoms with Crippen molar-refractivity contribution in [2.45, 2.75) is 27.7 Å². The molecule has 3 aromatic rings. The second-order valence-electron chi connectivity index (χ2n) is 5.89. The van der Waals surface area contributed by atoms with E-state index in [0.717, 1.165) is 22.4 Å². The lowest BCUT2D eigenvalue weighted by molar-refractivity contribution is 0.319. The van der Waals surface area contributed by atoms with Crippen LogP contribution in [0, 0.1) is 13.8 Å². The molecule has 0 bridgehead atoms. The van der Waals surface area contributed by atoms with Crippen molar-refractivity contribution in [3.8, 4) is 22.8 Å². The van der Waals surface area contributed by atoms with Crippen LogP contribution in [0.1, 0.15) is 25.0 Å². The van der Waals surface area contributed by atoms with Crippen LogP contribution in [0.3, 0.4) is 0 Å². The molecule has 26 heavy (non-hydrogen) atoms. The van der Waals surface area contributed by atoms with E-state index in [0.29, 0.717) is 30.2 Å². The summed E-state index contributed by atoms with van der Waals surface area (Å²) in [5.74, 6) is 1.42. The predicted octanol–water partition coefficient (Wildman–Crippen LogP) is 2.69. The summed E-state index contributed by atoms with van der Waals surface area (Å²) in [5.41, 5.74) is 2.55. The number of nitrogens with one attached hydrogen (secondary N) is 2. The Kier molecular flexibility index (Phi) is 4.79. The minimum absolute atomic E-state index is 0.189. The molecule has 2 N–H and O–H groups in total. The van der Waals surface area contributed by atoms with E-state index >= 15 is 0 Å². The molecule has 2 heterocycles. The van der Waals surface area contributed by atoms with Gasteiger partial charge in [-0.15, -0.1) is 0 Å². The van der Waals surface area contributed by atoms with Crippen molar-refractivity contribution in [3.05, 3.63) is 50.2 Å². The molecule has 0 amide bonds. The van der Waals surface area contributed by atoms with Gasteiger partial charge in [0.2, 0.25) is 0 Å². The zero-order valence-electron chi connectivity index (χ0n) is 15.2. The topological polar surface area (TPSA) is 97.1 Å². The Morgan fingerprint density at radius 3 is 2.46 bits per heavy atom. The number of aromatic amines is 2. The summed E-state index contributed by atoms with van der Waals surface area (Å²) in [6, 6.07) is 5.57. The van der Waals surface area contributed by atoms with Crippen molar-refractivity contribution < 1.29 is 9.47 Å². The zero-order valence-corrected chi connectivity index (χ0v) is 15.2. The maximum absolute atomic E-state index is 12.2. The Bertz CT molecular complexity index is 1080. The molecule has 3 rings (SSSR count). The van der Waals surface area contributed by atoms with Crippen molar-refractivity contribution in [1.29, 1.82) is 0 Å². The summed E-state index contributed by atoms with van der Waals surface area (Å²) in [7, 11) is 0. The Balaban J connectivity index is 2.28. The quantitative estimate of drug-likeness (QED) is 0.733. The second kappa shape index (κ2) is 7.03. The molecule has 0 saturated heterocycles. The molecule has 0 aliphatic carbocycles. The van der Waals surface area contributed by atoms with Gasteiger partial charge in [0.25, 0.3) is 5.56 Å². The summed E-state index contributed by atoms with van der Waals surface area (Å²) < 4.78 is 11.5. The van der Waals surface area contributed by atoms with Crippen LogP contribution in [0.2, 0.25) is 0 Å². The molecular formula is C19H21N3O4. The van der Waals surface area contributed by atoms with E-state index in [4.69, 9.17) is 9.47 Å². The molecular weight excluding hydrogens is 334 g/mol. The number of nitrogens with zero attached hydrogens (tertiary/aromatic N) is 1. The van der Waals surface area contributed by atoms with E-state index in [2.05, 4.69) is 15.0 Å². The fraction of sp³-hybridized carbons (Fsp3) is 0.316. The highest BCUT2D eigenvalue weighted by Gasteiger charge is 2.17. The van der Waals surface area contributed by atoms with Gasteiger partial charge in [0.15, 0.2) is 5.52 Å². The Hall–Kier alpha value is -3.09. The van der Waals surface area contributed by atoms with Crippen LogP contribution in [0.15, 0.2) is 27.8 Å². The van der Waals surface area contributed by atoms with Crippen molar-refractivity contribution in [2.75, 3.05) is 13.2 Å². The van der Waals surface area contributed by atoms with Crippen LogP contribution in [0.25, 0.3) is 22.3 Å². The molecule has 2 aromatic heterocycles. The standard InChI is InChI=1S/C19H21N3O4/c1-5-25-14-8-7-12(17(11(14)4)26-6-2)13-9-10(3)15-16(20-13)18(23)22-19(24)21-15/h7-9H,5-6H2,1-4H3,(H2,21,22,23,24). The minimum Gasteiger partial charge on any atom is -0.493 e. The second-order valence-corrected chi connectivity index (χ2v) is 5.89. The van der Waals surface area contributed by atoms with Crippen molar-refractivity contribution in [1.82, 2.24) is 15.0 Å². The largest absolute Gasteiger partial charge is 0.493 e. The molecule has 0 saturated carbocycles. The van der Waals surface area contributed by atoms with Gasteiger partial charge in [-0.25, -0.2) is 9.78 Å². The van der Waals surface area contributed by atoms with Crippen LogP contribution < -0.4 is 20.7 Å². The normalized spacial score (nSPS) is 10.9. The number of rotatable bonds is 5. The maximum Gasteiger partial charge on any atom is 0.326 e. The third-order valence-electron chi connectivity index (χ3n) is 4.12. The van der Waals surface area contributed by atoms with Crippen LogP contribution >= 0.6 is 0 Å². The molecule has 1 aromatic carbocycles. The van der Waals surface area contributed by atoms with Crippen LogP contribution in [-0.2, 0) is 0 Å². The molecule has 0 unspecified atom stereocenters. The summed E-state index contributed by atoms with van der Waals surface area (Å²) in [6.07, 6.45) is 0. The molecule has 0 aliphatic heterocycles. The first-order valence-electron chi connectivity index (χ1n) is 8.49. The number of benzene rings is 1. The maximum atomic E-state index is 12.2. The van der Waals surface area contributed by atoms with Gasteiger partial charge < -0.3 is 14.5 Å². The third-order valence-corrected chi connectivity index (χ3v) is 4.12. The smallest absolute Gasteiger partial charge is 0.326 e. The fourth-order valence-corrected chi connectivity index (χ4v) is 2.96. The average molecular weight is 355 g/mol. The Morgan fingerprint density at radius 1 is 1.04 bits per heavy atom. The molecule has 0 spiro atoms. The monoisotopic (exact) mass is 355 g/mol. The van der Waals surface area contributed by atoms with Gasteiger partial charge in [-0.3, -0.25) is 9.78 Å². The van der Waals surface area contributed by atoms with Crippen molar-refractivity contribution in [3.63, 3.8) is 0 Å². The van der Waals surface area contributed by atoms with Gasteiger partial charge >= 0.3 is 5.69 Å². The van der Waals surface area contributed by atoms with Crippen LogP contribution in [0.5, 0.6) is 11.5 Å². The van der Waals surface area contributed by atoms with Crippen molar-refractivity contribution in [2.24, 2.45) is 0 Å². The fourth-order valence-electron chi connectivity index (χ4n) is 2.96. The molecule has 0 radical (unpaired) electrons. The summed E-state index contributed by atoms with van der Waals surface area (Å²) in [5, 5.41) is 0. The van der Waals surface area contributed by atoms with E-state index in [9.17, 15) is 9.59 Å². The van der Waals surface area contributed by atoms with Crippen LogP contribution in [-0.4, -0.2) is 28.2 Å². The Morgan fingerprint density at radius 2 is 1.77 bits per heavy atom. The SMILES string of the molecule is CCOc1ccc(-c2cc(C)c3[nH]c(=O)[nH]c(=O)c3n2)c(OCC)c1C. The number of pyridine rings is 1. The lowest BCUT2D eigenvalue weighted by atomic mass is 10.0. The summed E-state index contributed by atoms with van der Waals surface area (Å²) in [4.78, 5) is 33.0. The van der Waals surface area contributed by atoms with E-state index in [1.54, 1.807) is 0 Å². The van der Waals surface area contributed by atoms with Crippen LogP contribution in [0.4, 0.5) is 0 Å². The van der Waals surface area contributed by atoms with Gasteiger partial charge in [-0.2, -0.15) is 0 Å². The van der Waals surface area contributed by atoms with Gasteiger partial charge in [0.1, 0.15) is 11.5 Å². The zero-order chi connectivity index (χ0) is 18.8. The first kappa shape index (κ1) is 17.7. The number of fused-ring (bicyclic) bond motifs is 1. The third kappa shape index (κ3) is 3.08.